The van der Waals surface area contributed by atoms with Crippen molar-refractivity contribution in [2.24, 2.45) is 0 Å². The number of aryl methyl sites for hydroxylation is 1. The van der Waals surface area contributed by atoms with Crippen molar-refractivity contribution < 1.29 is 23.5 Å². The Kier molecular flexibility index (Phi) is 8.71. The monoisotopic (exact) mass is 576 g/mol. The topological polar surface area (TPSA) is 138 Å². The summed E-state index contributed by atoms with van der Waals surface area (Å²) in [5.74, 6) is -1.21. The number of piperazine rings is 1. The number of hydrogen-bond donors (Lipinski definition) is 3. The van der Waals surface area contributed by atoms with Crippen molar-refractivity contribution in [2.75, 3.05) is 64.7 Å². The lowest BCUT2D eigenvalue weighted by Gasteiger charge is -2.36. The van der Waals surface area contributed by atoms with Crippen molar-refractivity contribution >= 4 is 40.1 Å². The molecule has 1 aliphatic heterocycles. The molecule has 12 nitrogen and oxygen atoms in total. The molecule has 1 aliphatic rings. The number of amides is 1. The summed E-state index contributed by atoms with van der Waals surface area (Å²) < 4.78 is 25.3. The number of aromatic amines is 1. The number of aromatic nitrogens is 4. The number of esters is 1. The van der Waals surface area contributed by atoms with Crippen LogP contribution in [-0.2, 0) is 14.3 Å². The number of halogens is 1. The van der Waals surface area contributed by atoms with E-state index >= 15 is 4.39 Å². The van der Waals surface area contributed by atoms with Crippen LogP contribution in [0.4, 0.5) is 21.7 Å². The number of para-hydroxylation sites is 1. The summed E-state index contributed by atoms with van der Waals surface area (Å²) in [6.07, 6.45) is 4.24. The van der Waals surface area contributed by atoms with E-state index in [9.17, 15) is 9.59 Å². The highest BCUT2D eigenvalue weighted by atomic mass is 19.1. The van der Waals surface area contributed by atoms with Gasteiger partial charge in [0, 0.05) is 50.4 Å². The fourth-order valence-electron chi connectivity index (χ4n) is 4.97. The molecule has 0 bridgehead atoms. The number of carbonyl (C=O) groups excluding carboxylic acids is 2. The zero-order chi connectivity index (χ0) is 29.8. The summed E-state index contributed by atoms with van der Waals surface area (Å²) in [5, 5.41) is 6.69. The smallest absolute Gasteiger partial charge is 0.339 e. The van der Waals surface area contributed by atoms with Crippen LogP contribution < -0.4 is 10.6 Å². The average Bonchev–Trinajstić information content (AvgIpc) is 3.43. The van der Waals surface area contributed by atoms with Crippen molar-refractivity contribution in [3.8, 4) is 11.3 Å². The second-order valence-electron chi connectivity index (χ2n) is 10.1. The van der Waals surface area contributed by atoms with E-state index in [0.29, 0.717) is 33.5 Å². The third kappa shape index (κ3) is 6.08. The minimum absolute atomic E-state index is 0.0604. The zero-order valence-corrected chi connectivity index (χ0v) is 23.9. The minimum Gasteiger partial charge on any atom is -0.465 e. The molecular formula is C29H33FN8O4. The summed E-state index contributed by atoms with van der Waals surface area (Å²) in [4.78, 5) is 45.7. The van der Waals surface area contributed by atoms with Gasteiger partial charge < -0.3 is 30.0 Å². The molecule has 0 radical (unpaired) electrons. The summed E-state index contributed by atoms with van der Waals surface area (Å²) in [5.41, 5.74) is 2.98. The molecule has 220 valence electrons. The molecule has 42 heavy (non-hydrogen) atoms. The van der Waals surface area contributed by atoms with Gasteiger partial charge in [0.15, 0.2) is 5.82 Å². The fraction of sp³-hybridized carbons (Fsp3) is 0.345. The Hall–Kier alpha value is -4.46. The van der Waals surface area contributed by atoms with Crippen LogP contribution in [0, 0.1) is 12.7 Å². The lowest BCUT2D eigenvalue weighted by Crippen LogP contribution is -2.54. The number of benzene rings is 1. The summed E-state index contributed by atoms with van der Waals surface area (Å²) >= 11 is 0. The van der Waals surface area contributed by atoms with Gasteiger partial charge in [-0.1, -0.05) is 12.1 Å². The van der Waals surface area contributed by atoms with Crippen molar-refractivity contribution in [3.05, 3.63) is 59.9 Å². The predicted molar refractivity (Wildman–Crippen MR) is 156 cm³/mol. The highest BCUT2D eigenvalue weighted by Gasteiger charge is 2.29. The second-order valence-corrected chi connectivity index (χ2v) is 10.1. The van der Waals surface area contributed by atoms with Gasteiger partial charge in [0.05, 0.1) is 54.3 Å². The molecule has 4 aromatic rings. The third-order valence-corrected chi connectivity index (χ3v) is 7.33. The molecule has 3 N–H and O–H groups in total. The maximum atomic E-state index is 15.1. The number of nitrogens with zero attached hydrogens (tertiary/aromatic N) is 5. The largest absolute Gasteiger partial charge is 0.465 e. The Morgan fingerprint density at radius 3 is 2.67 bits per heavy atom. The van der Waals surface area contributed by atoms with Crippen molar-refractivity contribution in [3.63, 3.8) is 0 Å². The molecule has 0 unspecified atom stereocenters. The Bertz CT molecular complexity index is 1600. The van der Waals surface area contributed by atoms with E-state index in [4.69, 9.17) is 9.47 Å². The first-order valence-corrected chi connectivity index (χ1v) is 13.5. The standard InChI is InChI=1S/C29H33FN8O4/c1-17-20(28(40)42-4)12-18(13-31-17)34-29-33-15-22(30)25(36-29)21-14-32-26-19(21)6-5-7-23(26)35-27(39)24(16-41-3)38-10-8-37(2)9-11-38/h5-7,12-15,24,32H,8-11,16H2,1-4H3,(H,35,39)(H,33,34,36)/t24-/m1/s1. The first-order chi connectivity index (χ1) is 20.3. The third-order valence-electron chi connectivity index (χ3n) is 7.33. The molecule has 13 heteroatoms. The number of H-pyrrole nitrogens is 1. The van der Waals surface area contributed by atoms with Crippen LogP contribution in [0.25, 0.3) is 22.2 Å². The van der Waals surface area contributed by atoms with Gasteiger partial charge in [-0.05, 0) is 26.1 Å². The van der Waals surface area contributed by atoms with Crippen molar-refractivity contribution in [1.82, 2.24) is 29.7 Å². The molecule has 4 heterocycles. The number of rotatable bonds is 9. The van der Waals surface area contributed by atoms with Gasteiger partial charge in [-0.2, -0.15) is 0 Å². The maximum absolute atomic E-state index is 15.1. The van der Waals surface area contributed by atoms with E-state index in [2.05, 4.69) is 47.4 Å². The van der Waals surface area contributed by atoms with E-state index in [1.807, 2.05) is 6.07 Å². The second kappa shape index (κ2) is 12.6. The van der Waals surface area contributed by atoms with Gasteiger partial charge in [-0.25, -0.2) is 19.2 Å². The average molecular weight is 577 g/mol. The highest BCUT2D eigenvalue weighted by molar-refractivity contribution is 6.06. The fourth-order valence-corrected chi connectivity index (χ4v) is 4.97. The number of nitrogens with one attached hydrogen (secondary N) is 3. The highest BCUT2D eigenvalue weighted by Crippen LogP contribution is 2.33. The number of hydrogen-bond acceptors (Lipinski definition) is 10. The number of fused-ring (bicyclic) bond motifs is 1. The number of likely N-dealkylation sites (N-methyl/N-ethyl adjacent to an activating group) is 1. The van der Waals surface area contributed by atoms with Crippen LogP contribution >= 0.6 is 0 Å². The Balaban J connectivity index is 1.41. The van der Waals surface area contributed by atoms with Gasteiger partial charge in [0.2, 0.25) is 11.9 Å². The lowest BCUT2D eigenvalue weighted by atomic mass is 10.1. The summed E-state index contributed by atoms with van der Waals surface area (Å²) in [6, 6.07) is 6.53. The number of carbonyl (C=O) groups is 2. The Morgan fingerprint density at radius 1 is 1.14 bits per heavy atom. The van der Waals surface area contributed by atoms with Gasteiger partial charge >= 0.3 is 5.97 Å². The lowest BCUT2D eigenvalue weighted by molar-refractivity contribution is -0.124. The number of ether oxygens (including phenoxy) is 2. The van der Waals surface area contributed by atoms with Crippen LogP contribution in [0.1, 0.15) is 16.1 Å². The maximum Gasteiger partial charge on any atom is 0.339 e. The molecule has 1 saturated heterocycles. The predicted octanol–water partition coefficient (Wildman–Crippen LogP) is 3.20. The molecule has 3 aromatic heterocycles. The van der Waals surface area contributed by atoms with Crippen LogP contribution in [0.15, 0.2) is 42.9 Å². The first kappa shape index (κ1) is 29.0. The SMILES string of the molecule is COC[C@H](C(=O)Nc1cccc2c(-c3nc(Nc4cnc(C)c(C(=O)OC)c4)ncc3F)c[nH]c12)N1CCN(C)CC1. The molecule has 0 spiro atoms. The van der Waals surface area contributed by atoms with Crippen molar-refractivity contribution in [2.45, 2.75) is 13.0 Å². The van der Waals surface area contributed by atoms with E-state index in [-0.39, 0.29) is 29.7 Å². The summed E-state index contributed by atoms with van der Waals surface area (Å²) in [7, 11) is 4.94. The number of anilines is 3. The van der Waals surface area contributed by atoms with Gasteiger partial charge in [0.1, 0.15) is 11.7 Å². The molecule has 0 saturated carbocycles. The van der Waals surface area contributed by atoms with Gasteiger partial charge in [-0.3, -0.25) is 14.7 Å². The Morgan fingerprint density at radius 2 is 1.93 bits per heavy atom. The van der Waals surface area contributed by atoms with E-state index in [0.717, 1.165) is 32.4 Å². The first-order valence-electron chi connectivity index (χ1n) is 13.5. The molecule has 5 rings (SSSR count). The quantitative estimate of drug-likeness (QED) is 0.255. The van der Waals surface area contributed by atoms with Crippen LogP contribution in [0.3, 0.4) is 0 Å². The van der Waals surface area contributed by atoms with Gasteiger partial charge in [-0.15, -0.1) is 0 Å². The normalized spacial score (nSPS) is 15.0. The molecule has 1 amide bonds. The molecular weight excluding hydrogens is 543 g/mol. The molecule has 1 fully saturated rings. The zero-order valence-electron chi connectivity index (χ0n) is 23.9. The Labute approximate surface area is 242 Å². The van der Waals surface area contributed by atoms with E-state index in [1.165, 1.54) is 13.3 Å². The summed E-state index contributed by atoms with van der Waals surface area (Å²) in [6.45, 7) is 5.23. The van der Waals surface area contributed by atoms with Crippen LogP contribution in [-0.4, -0.2) is 102 Å². The van der Waals surface area contributed by atoms with Crippen LogP contribution in [0.5, 0.6) is 0 Å². The number of methoxy groups -OCH3 is 2. The van der Waals surface area contributed by atoms with E-state index in [1.54, 1.807) is 38.4 Å². The van der Waals surface area contributed by atoms with Gasteiger partial charge in [0.25, 0.3) is 0 Å². The number of pyridine rings is 1. The molecule has 1 atom stereocenters. The minimum atomic E-state index is -0.622. The molecule has 1 aromatic carbocycles. The van der Waals surface area contributed by atoms with Crippen molar-refractivity contribution in [1.29, 1.82) is 0 Å². The van der Waals surface area contributed by atoms with E-state index < -0.39 is 17.8 Å². The molecule has 0 aliphatic carbocycles. The van der Waals surface area contributed by atoms with Crippen LogP contribution in [0.2, 0.25) is 0 Å².